The van der Waals surface area contributed by atoms with E-state index in [0.717, 1.165) is 25.3 Å². The number of aromatic carboxylic acids is 1. The van der Waals surface area contributed by atoms with Gasteiger partial charge >= 0.3 is 5.97 Å². The third-order valence-corrected chi connectivity index (χ3v) is 2.80. The Bertz CT molecular complexity index is 435. The molecule has 1 aromatic rings. The Morgan fingerprint density at radius 2 is 2.00 bits per heavy atom. The third kappa shape index (κ3) is 3.18. The fourth-order valence-corrected chi connectivity index (χ4v) is 1.77. The van der Waals surface area contributed by atoms with E-state index in [-0.39, 0.29) is 11.7 Å². The Kier molecular flexibility index (Phi) is 5.07. The number of carbonyl (C=O) groups is 1. The van der Waals surface area contributed by atoms with Crippen molar-refractivity contribution >= 4 is 11.7 Å². The molecule has 0 radical (unpaired) electrons. The molecule has 0 saturated heterocycles. The highest BCUT2D eigenvalue weighted by atomic mass is 19.2. The molecular weight excluding hydrogens is 240 g/mol. The van der Waals surface area contributed by atoms with Crippen LogP contribution in [-0.2, 0) is 0 Å². The maximum Gasteiger partial charge on any atom is 0.338 e. The molecule has 5 heteroatoms. The van der Waals surface area contributed by atoms with E-state index in [9.17, 15) is 13.6 Å². The van der Waals surface area contributed by atoms with Gasteiger partial charge in [-0.1, -0.05) is 20.3 Å². The van der Waals surface area contributed by atoms with Crippen LogP contribution in [0.15, 0.2) is 12.1 Å². The Labute approximate surface area is 105 Å². The van der Waals surface area contributed by atoms with Gasteiger partial charge in [-0.2, -0.15) is 0 Å². The number of carboxylic acid groups (broad SMARTS) is 1. The number of anilines is 1. The molecule has 100 valence electrons. The lowest BCUT2D eigenvalue weighted by molar-refractivity contribution is 0.0690. The van der Waals surface area contributed by atoms with Crippen LogP contribution in [0.4, 0.5) is 14.5 Å². The zero-order valence-electron chi connectivity index (χ0n) is 10.5. The highest BCUT2D eigenvalue weighted by Gasteiger charge is 2.19. The second-order valence-electron chi connectivity index (χ2n) is 4.13. The molecule has 0 fully saturated rings. The fraction of sp³-hybridized carbons (Fsp3) is 0.462. The normalized spacial score (nSPS) is 12.2. The SMILES string of the molecule is CCCC(CC)Nc1ccc(C(=O)O)c(F)c1F. The third-order valence-electron chi connectivity index (χ3n) is 2.80. The molecule has 0 heterocycles. The highest BCUT2D eigenvalue weighted by Crippen LogP contribution is 2.22. The van der Waals surface area contributed by atoms with Crippen LogP contribution >= 0.6 is 0 Å². The average molecular weight is 257 g/mol. The molecule has 1 rings (SSSR count). The first-order valence-electron chi connectivity index (χ1n) is 5.99. The van der Waals surface area contributed by atoms with Gasteiger partial charge in [0.05, 0.1) is 11.3 Å². The zero-order valence-corrected chi connectivity index (χ0v) is 10.5. The molecule has 1 atom stereocenters. The first kappa shape index (κ1) is 14.4. The number of halogens is 2. The van der Waals surface area contributed by atoms with E-state index in [2.05, 4.69) is 5.32 Å². The molecule has 18 heavy (non-hydrogen) atoms. The molecule has 2 N–H and O–H groups in total. The standard InChI is InChI=1S/C13H17F2NO2/c1-3-5-8(4-2)16-10-7-6-9(13(17)18)11(14)12(10)15/h6-8,16H,3-5H2,1-2H3,(H,17,18). The topological polar surface area (TPSA) is 49.3 Å². The van der Waals surface area contributed by atoms with Crippen molar-refractivity contribution in [3.05, 3.63) is 29.3 Å². The monoisotopic (exact) mass is 257 g/mol. The Morgan fingerprint density at radius 1 is 1.33 bits per heavy atom. The average Bonchev–Trinajstić information content (AvgIpc) is 2.33. The van der Waals surface area contributed by atoms with Crippen LogP contribution in [0.25, 0.3) is 0 Å². The van der Waals surface area contributed by atoms with Gasteiger partial charge in [-0.05, 0) is 25.0 Å². The summed E-state index contributed by atoms with van der Waals surface area (Å²) in [5, 5.41) is 11.6. The molecule has 0 amide bonds. The first-order valence-corrected chi connectivity index (χ1v) is 5.99. The Balaban J connectivity index is 2.98. The summed E-state index contributed by atoms with van der Waals surface area (Å²) in [5.41, 5.74) is -0.639. The van der Waals surface area contributed by atoms with E-state index in [1.54, 1.807) is 0 Å². The Morgan fingerprint density at radius 3 is 2.50 bits per heavy atom. The van der Waals surface area contributed by atoms with Crippen molar-refractivity contribution < 1.29 is 18.7 Å². The Hall–Kier alpha value is -1.65. The summed E-state index contributed by atoms with van der Waals surface area (Å²) >= 11 is 0. The van der Waals surface area contributed by atoms with E-state index >= 15 is 0 Å². The lowest BCUT2D eigenvalue weighted by atomic mass is 10.1. The predicted molar refractivity (Wildman–Crippen MR) is 65.9 cm³/mol. The summed E-state index contributed by atoms with van der Waals surface area (Å²) in [6.07, 6.45) is 2.57. The molecule has 3 nitrogen and oxygen atoms in total. The van der Waals surface area contributed by atoms with Gasteiger partial charge in [0.25, 0.3) is 0 Å². The van der Waals surface area contributed by atoms with Crippen molar-refractivity contribution in [2.75, 3.05) is 5.32 Å². The van der Waals surface area contributed by atoms with Crippen molar-refractivity contribution in [1.82, 2.24) is 0 Å². The van der Waals surface area contributed by atoms with E-state index in [1.165, 1.54) is 6.07 Å². The van der Waals surface area contributed by atoms with Crippen LogP contribution in [0.2, 0.25) is 0 Å². The molecule has 0 aliphatic rings. The van der Waals surface area contributed by atoms with E-state index in [4.69, 9.17) is 5.11 Å². The maximum absolute atomic E-state index is 13.7. The molecule has 0 saturated carbocycles. The smallest absolute Gasteiger partial charge is 0.338 e. The lowest BCUT2D eigenvalue weighted by Crippen LogP contribution is -2.19. The number of nitrogens with one attached hydrogen (secondary N) is 1. The number of benzene rings is 1. The summed E-state index contributed by atoms with van der Waals surface area (Å²) in [5.74, 6) is -3.93. The molecule has 0 aliphatic carbocycles. The van der Waals surface area contributed by atoms with Gasteiger partial charge in [0.15, 0.2) is 11.6 Å². The second-order valence-corrected chi connectivity index (χ2v) is 4.13. The summed E-state index contributed by atoms with van der Waals surface area (Å²) in [4.78, 5) is 10.6. The molecule has 0 bridgehead atoms. The van der Waals surface area contributed by atoms with Crippen molar-refractivity contribution in [3.63, 3.8) is 0 Å². The highest BCUT2D eigenvalue weighted by molar-refractivity contribution is 5.88. The summed E-state index contributed by atoms with van der Waals surface area (Å²) < 4.78 is 27.1. The van der Waals surface area contributed by atoms with Gasteiger partial charge in [0.1, 0.15) is 0 Å². The molecule has 1 unspecified atom stereocenters. The zero-order chi connectivity index (χ0) is 13.7. The van der Waals surface area contributed by atoms with Crippen LogP contribution in [0.5, 0.6) is 0 Å². The molecule has 0 aliphatic heterocycles. The van der Waals surface area contributed by atoms with Crippen LogP contribution < -0.4 is 5.32 Å². The summed E-state index contributed by atoms with van der Waals surface area (Å²) in [7, 11) is 0. The van der Waals surface area contributed by atoms with Gasteiger partial charge < -0.3 is 10.4 Å². The quantitative estimate of drug-likeness (QED) is 0.817. The minimum Gasteiger partial charge on any atom is -0.478 e. The number of rotatable bonds is 6. The molecule has 0 aromatic heterocycles. The van der Waals surface area contributed by atoms with Crippen molar-refractivity contribution in [1.29, 1.82) is 0 Å². The van der Waals surface area contributed by atoms with Crippen LogP contribution in [0.1, 0.15) is 43.5 Å². The molecule has 1 aromatic carbocycles. The number of carboxylic acids is 1. The van der Waals surface area contributed by atoms with Gasteiger partial charge in [-0.25, -0.2) is 13.6 Å². The van der Waals surface area contributed by atoms with Gasteiger partial charge in [-0.15, -0.1) is 0 Å². The molecular formula is C13H17F2NO2. The minimum absolute atomic E-state index is 0.0119. The van der Waals surface area contributed by atoms with E-state index in [0.29, 0.717) is 0 Å². The first-order chi connectivity index (χ1) is 8.51. The van der Waals surface area contributed by atoms with Crippen molar-refractivity contribution in [2.45, 2.75) is 39.2 Å². The van der Waals surface area contributed by atoms with E-state index < -0.39 is 23.2 Å². The number of hydrogen-bond donors (Lipinski definition) is 2. The van der Waals surface area contributed by atoms with Gasteiger partial charge in [-0.3, -0.25) is 0 Å². The predicted octanol–water partition coefficient (Wildman–Crippen LogP) is 3.65. The van der Waals surface area contributed by atoms with Crippen molar-refractivity contribution in [3.8, 4) is 0 Å². The van der Waals surface area contributed by atoms with Crippen molar-refractivity contribution in [2.24, 2.45) is 0 Å². The van der Waals surface area contributed by atoms with Crippen LogP contribution in [0, 0.1) is 11.6 Å². The largest absolute Gasteiger partial charge is 0.478 e. The number of hydrogen-bond acceptors (Lipinski definition) is 2. The summed E-state index contributed by atoms with van der Waals surface area (Å²) in [6, 6.07) is 2.39. The fourth-order valence-electron chi connectivity index (χ4n) is 1.77. The minimum atomic E-state index is -1.47. The lowest BCUT2D eigenvalue weighted by Gasteiger charge is -2.18. The maximum atomic E-state index is 13.7. The summed E-state index contributed by atoms with van der Waals surface area (Å²) in [6.45, 7) is 3.96. The van der Waals surface area contributed by atoms with Gasteiger partial charge in [0.2, 0.25) is 0 Å². The van der Waals surface area contributed by atoms with Crippen LogP contribution in [0.3, 0.4) is 0 Å². The van der Waals surface area contributed by atoms with Gasteiger partial charge in [0, 0.05) is 6.04 Å². The second kappa shape index (κ2) is 6.33. The molecule has 0 spiro atoms. The van der Waals surface area contributed by atoms with E-state index in [1.807, 2.05) is 13.8 Å². The van der Waals surface area contributed by atoms with Crippen LogP contribution in [-0.4, -0.2) is 17.1 Å².